The van der Waals surface area contributed by atoms with Gasteiger partial charge in [0, 0.05) is 38.3 Å². The van der Waals surface area contributed by atoms with Gasteiger partial charge in [0.05, 0.1) is 0 Å². The summed E-state index contributed by atoms with van der Waals surface area (Å²) in [5, 5.41) is 0. The Balaban J connectivity index is 1.41. The van der Waals surface area contributed by atoms with Crippen molar-refractivity contribution in [3.8, 4) is 0 Å². The first kappa shape index (κ1) is 32.3. The van der Waals surface area contributed by atoms with Crippen molar-refractivity contribution in [1.82, 2.24) is 9.80 Å². The Labute approximate surface area is 248 Å². The van der Waals surface area contributed by atoms with E-state index in [0.29, 0.717) is 5.92 Å². The smallest absolute Gasteiger partial charge is 0.123 e. The molecule has 0 radical (unpaired) electrons. The lowest BCUT2D eigenvalue weighted by Crippen LogP contribution is -2.58. The van der Waals surface area contributed by atoms with Crippen molar-refractivity contribution in [2.75, 3.05) is 13.6 Å². The zero-order chi connectivity index (χ0) is 28.3. The average molecular weight is 545 g/mol. The highest BCUT2D eigenvalue weighted by Crippen LogP contribution is 2.44. The normalized spacial score (nSPS) is 17.6. The van der Waals surface area contributed by atoms with Crippen molar-refractivity contribution < 1.29 is 0 Å². The zero-order valence-electron chi connectivity index (χ0n) is 26.3. The van der Waals surface area contributed by atoms with Gasteiger partial charge in [0.25, 0.3) is 0 Å². The van der Waals surface area contributed by atoms with E-state index in [2.05, 4.69) is 104 Å². The van der Waals surface area contributed by atoms with Crippen LogP contribution >= 0.6 is 0 Å². The van der Waals surface area contributed by atoms with Crippen LogP contribution in [0.1, 0.15) is 140 Å². The van der Waals surface area contributed by atoms with E-state index in [-0.39, 0.29) is 5.66 Å². The molecule has 2 heteroatoms. The van der Waals surface area contributed by atoms with Gasteiger partial charge < -0.3 is 9.80 Å². The molecule has 1 aliphatic heterocycles. The Kier molecular flexibility index (Phi) is 15.3. The molecular weight excluding hydrogens is 484 g/mol. The first-order chi connectivity index (χ1) is 19.7. The Bertz CT molecular complexity index is 908. The third-order valence-electron chi connectivity index (χ3n) is 9.31. The van der Waals surface area contributed by atoms with Gasteiger partial charge in [-0.15, -0.1) is 0 Å². The summed E-state index contributed by atoms with van der Waals surface area (Å²) < 4.78 is 0. The number of benzene rings is 2. The quantitative estimate of drug-likeness (QED) is 0.136. The standard InChI is InChI=1S/C38H60N2/c1-4-6-7-8-9-10-11-12-13-14-15-16-17-18-19-26-31-40-33-32-39(3)38(40,34-35-27-22-20-23-28-35)37(5-2)36-29-24-21-25-30-36/h20-25,27-30,32-33,37H,4-19,26,31,34H2,1-3H3. The van der Waals surface area contributed by atoms with Crippen molar-refractivity contribution in [2.45, 2.75) is 141 Å². The topological polar surface area (TPSA) is 6.48 Å². The molecule has 2 atom stereocenters. The van der Waals surface area contributed by atoms with Gasteiger partial charge in [0.1, 0.15) is 5.66 Å². The second-order valence-electron chi connectivity index (χ2n) is 12.3. The molecule has 2 unspecified atom stereocenters. The van der Waals surface area contributed by atoms with Gasteiger partial charge in [0.2, 0.25) is 0 Å². The van der Waals surface area contributed by atoms with Crippen LogP contribution in [0.25, 0.3) is 0 Å². The molecular formula is C38H60N2. The monoisotopic (exact) mass is 544 g/mol. The molecule has 0 fully saturated rings. The minimum atomic E-state index is -0.0625. The van der Waals surface area contributed by atoms with Gasteiger partial charge in [-0.05, 0) is 24.0 Å². The fourth-order valence-corrected chi connectivity index (χ4v) is 6.95. The summed E-state index contributed by atoms with van der Waals surface area (Å²) in [6.07, 6.45) is 29.5. The molecule has 2 aromatic rings. The molecule has 1 heterocycles. The van der Waals surface area contributed by atoms with E-state index in [1.54, 1.807) is 0 Å². The van der Waals surface area contributed by atoms with Crippen LogP contribution in [-0.4, -0.2) is 29.1 Å². The Morgan fingerprint density at radius 3 is 1.55 bits per heavy atom. The third-order valence-corrected chi connectivity index (χ3v) is 9.31. The van der Waals surface area contributed by atoms with Crippen LogP contribution < -0.4 is 0 Å². The second kappa shape index (κ2) is 19.0. The number of rotatable bonds is 22. The highest BCUT2D eigenvalue weighted by Gasteiger charge is 2.47. The predicted molar refractivity (Wildman–Crippen MR) is 176 cm³/mol. The number of likely N-dealkylation sites (N-methyl/N-ethyl adjacent to an activating group) is 1. The first-order valence-electron chi connectivity index (χ1n) is 17.0. The van der Waals surface area contributed by atoms with Gasteiger partial charge in [-0.2, -0.15) is 0 Å². The zero-order valence-corrected chi connectivity index (χ0v) is 26.3. The van der Waals surface area contributed by atoms with E-state index < -0.39 is 0 Å². The van der Waals surface area contributed by atoms with Crippen molar-refractivity contribution in [1.29, 1.82) is 0 Å². The summed E-state index contributed by atoms with van der Waals surface area (Å²) in [7, 11) is 2.29. The molecule has 222 valence electrons. The van der Waals surface area contributed by atoms with Crippen molar-refractivity contribution in [3.05, 3.63) is 84.2 Å². The van der Waals surface area contributed by atoms with Gasteiger partial charge >= 0.3 is 0 Å². The van der Waals surface area contributed by atoms with E-state index >= 15 is 0 Å². The summed E-state index contributed by atoms with van der Waals surface area (Å²) in [6.45, 7) is 5.80. The minimum absolute atomic E-state index is 0.0625. The maximum absolute atomic E-state index is 2.69. The largest absolute Gasteiger partial charge is 0.356 e. The maximum Gasteiger partial charge on any atom is 0.123 e. The van der Waals surface area contributed by atoms with E-state index in [0.717, 1.165) is 19.4 Å². The molecule has 0 aromatic heterocycles. The Hall–Kier alpha value is -2.22. The maximum atomic E-state index is 2.69. The molecule has 2 aromatic carbocycles. The molecule has 1 aliphatic rings. The number of hydrogen-bond acceptors (Lipinski definition) is 2. The number of unbranched alkanes of at least 4 members (excludes halogenated alkanes) is 15. The molecule has 0 aliphatic carbocycles. The molecule has 0 amide bonds. The molecule has 3 rings (SSSR count). The number of nitrogens with zero attached hydrogens (tertiary/aromatic N) is 2. The lowest BCUT2D eigenvalue weighted by atomic mass is 9.78. The summed E-state index contributed by atoms with van der Waals surface area (Å²) in [5.74, 6) is 0.440. The van der Waals surface area contributed by atoms with Crippen LogP contribution in [0.15, 0.2) is 73.1 Å². The second-order valence-corrected chi connectivity index (χ2v) is 12.3. The van der Waals surface area contributed by atoms with Gasteiger partial charge in [-0.3, -0.25) is 0 Å². The SMILES string of the molecule is CCCCCCCCCCCCCCCCCCN1C=CN(C)C1(Cc1ccccc1)C(CC)c1ccccc1. The Morgan fingerprint density at radius 1 is 0.575 bits per heavy atom. The predicted octanol–water partition coefficient (Wildman–Crippen LogP) is 11.1. The lowest BCUT2D eigenvalue weighted by Gasteiger charge is -2.50. The highest BCUT2D eigenvalue weighted by molar-refractivity contribution is 5.30. The van der Waals surface area contributed by atoms with Crippen LogP contribution in [0.3, 0.4) is 0 Å². The van der Waals surface area contributed by atoms with Crippen molar-refractivity contribution in [2.24, 2.45) is 0 Å². The summed E-state index contributed by atoms with van der Waals surface area (Å²) in [4.78, 5) is 5.19. The first-order valence-corrected chi connectivity index (χ1v) is 17.0. The van der Waals surface area contributed by atoms with Crippen LogP contribution in [0.2, 0.25) is 0 Å². The molecule has 0 saturated carbocycles. The minimum Gasteiger partial charge on any atom is -0.356 e. The molecule has 0 bridgehead atoms. The summed E-state index contributed by atoms with van der Waals surface area (Å²) in [5.41, 5.74) is 2.81. The fourth-order valence-electron chi connectivity index (χ4n) is 6.95. The summed E-state index contributed by atoms with van der Waals surface area (Å²) >= 11 is 0. The molecule has 0 N–H and O–H groups in total. The molecule has 40 heavy (non-hydrogen) atoms. The third kappa shape index (κ3) is 10.0. The molecule has 0 spiro atoms. The van der Waals surface area contributed by atoms with Crippen LogP contribution in [0, 0.1) is 0 Å². The van der Waals surface area contributed by atoms with E-state index in [9.17, 15) is 0 Å². The van der Waals surface area contributed by atoms with Crippen molar-refractivity contribution in [3.63, 3.8) is 0 Å². The van der Waals surface area contributed by atoms with Crippen molar-refractivity contribution >= 4 is 0 Å². The van der Waals surface area contributed by atoms with Crippen LogP contribution in [-0.2, 0) is 6.42 Å². The number of hydrogen-bond donors (Lipinski definition) is 0. The fraction of sp³-hybridized carbons (Fsp3) is 0.632. The molecule has 0 saturated heterocycles. The summed E-state index contributed by atoms with van der Waals surface area (Å²) in [6, 6.07) is 22.3. The van der Waals surface area contributed by atoms with Crippen LogP contribution in [0.4, 0.5) is 0 Å². The van der Waals surface area contributed by atoms with E-state index in [1.807, 2.05) is 0 Å². The van der Waals surface area contributed by atoms with Crippen LogP contribution in [0.5, 0.6) is 0 Å². The van der Waals surface area contributed by atoms with E-state index in [1.165, 1.54) is 114 Å². The average Bonchev–Trinajstić information content (AvgIpc) is 3.29. The van der Waals surface area contributed by atoms with Gasteiger partial charge in [-0.1, -0.05) is 171 Å². The highest BCUT2D eigenvalue weighted by atomic mass is 15.4. The van der Waals surface area contributed by atoms with Gasteiger partial charge in [-0.25, -0.2) is 0 Å². The Morgan fingerprint density at radius 2 is 1.05 bits per heavy atom. The lowest BCUT2D eigenvalue weighted by molar-refractivity contribution is 0.0121. The molecule has 2 nitrogen and oxygen atoms in total. The van der Waals surface area contributed by atoms with E-state index in [4.69, 9.17) is 0 Å². The van der Waals surface area contributed by atoms with Gasteiger partial charge in [0.15, 0.2) is 0 Å².